The minimum atomic E-state index is -0.156. The Labute approximate surface area is 111 Å². The van der Waals surface area contributed by atoms with Crippen molar-refractivity contribution >= 4 is 16.5 Å². The van der Waals surface area contributed by atoms with Gasteiger partial charge >= 0.3 is 0 Å². The van der Waals surface area contributed by atoms with Gasteiger partial charge in [-0.25, -0.2) is 9.37 Å². The number of rotatable bonds is 3. The molecule has 96 valence electrons. The first-order chi connectivity index (χ1) is 8.47. The molecule has 1 aromatic carbocycles. The van der Waals surface area contributed by atoms with Crippen molar-refractivity contribution in [2.45, 2.75) is 33.1 Å². The highest BCUT2D eigenvalue weighted by atomic mass is 32.1. The van der Waals surface area contributed by atoms with E-state index in [1.165, 1.54) is 11.3 Å². The van der Waals surface area contributed by atoms with Gasteiger partial charge in [-0.3, -0.25) is 0 Å². The number of nitrogens with two attached hydrogens (primary N) is 1. The van der Waals surface area contributed by atoms with E-state index in [1.807, 2.05) is 12.1 Å². The molecule has 2 nitrogen and oxygen atoms in total. The summed E-state index contributed by atoms with van der Waals surface area (Å²) in [5.74, 6) is 0.180. The van der Waals surface area contributed by atoms with Crippen LogP contribution in [0.2, 0.25) is 0 Å². The van der Waals surface area contributed by atoms with Crippen LogP contribution in [0.15, 0.2) is 18.2 Å². The lowest BCUT2D eigenvalue weighted by molar-refractivity contribution is 0.616. The summed E-state index contributed by atoms with van der Waals surface area (Å²) in [4.78, 5) is 5.48. The SMILES string of the molecule is Cc1ccc(Cc2sc(N)nc2C(C)C)cc1F. The fraction of sp³-hybridized carbons (Fsp3) is 0.357. The highest BCUT2D eigenvalue weighted by Crippen LogP contribution is 2.29. The zero-order chi connectivity index (χ0) is 13.3. The van der Waals surface area contributed by atoms with E-state index in [4.69, 9.17) is 5.73 Å². The molecule has 1 heterocycles. The zero-order valence-corrected chi connectivity index (χ0v) is 11.6. The Hall–Kier alpha value is -1.42. The Balaban J connectivity index is 2.30. The molecular formula is C14H17FN2S. The minimum Gasteiger partial charge on any atom is -0.375 e. The number of aryl methyl sites for hydroxylation is 1. The van der Waals surface area contributed by atoms with Crippen LogP contribution in [0, 0.1) is 12.7 Å². The molecule has 2 aromatic rings. The predicted octanol–water partition coefficient (Wildman–Crippen LogP) is 3.89. The second-order valence-corrected chi connectivity index (χ2v) is 5.89. The monoisotopic (exact) mass is 264 g/mol. The van der Waals surface area contributed by atoms with Crippen LogP contribution in [-0.4, -0.2) is 4.98 Å². The summed E-state index contributed by atoms with van der Waals surface area (Å²) in [7, 11) is 0. The number of benzene rings is 1. The fourth-order valence-electron chi connectivity index (χ4n) is 1.89. The van der Waals surface area contributed by atoms with Gasteiger partial charge in [-0.15, -0.1) is 11.3 Å². The Morgan fingerprint density at radius 3 is 2.72 bits per heavy atom. The molecular weight excluding hydrogens is 247 g/mol. The largest absolute Gasteiger partial charge is 0.375 e. The van der Waals surface area contributed by atoms with Gasteiger partial charge in [-0.05, 0) is 30.0 Å². The molecule has 0 aliphatic rings. The summed E-state index contributed by atoms with van der Waals surface area (Å²) in [6.45, 7) is 5.95. The highest BCUT2D eigenvalue weighted by molar-refractivity contribution is 7.15. The molecule has 2 N–H and O–H groups in total. The molecule has 4 heteroatoms. The quantitative estimate of drug-likeness (QED) is 0.913. The molecule has 0 saturated carbocycles. The number of nitrogens with zero attached hydrogens (tertiary/aromatic N) is 1. The number of thiazole rings is 1. The summed E-state index contributed by atoms with van der Waals surface area (Å²) in [6.07, 6.45) is 0.694. The normalized spacial score (nSPS) is 11.2. The van der Waals surface area contributed by atoms with Crippen molar-refractivity contribution in [2.24, 2.45) is 0 Å². The summed E-state index contributed by atoms with van der Waals surface area (Å²) < 4.78 is 13.5. The van der Waals surface area contributed by atoms with E-state index in [0.717, 1.165) is 16.1 Å². The van der Waals surface area contributed by atoms with E-state index in [1.54, 1.807) is 13.0 Å². The number of hydrogen-bond acceptors (Lipinski definition) is 3. The molecule has 0 saturated heterocycles. The average Bonchev–Trinajstić information content (AvgIpc) is 2.65. The zero-order valence-electron chi connectivity index (χ0n) is 10.8. The van der Waals surface area contributed by atoms with Gasteiger partial charge in [-0.2, -0.15) is 0 Å². The van der Waals surface area contributed by atoms with Gasteiger partial charge in [0, 0.05) is 11.3 Å². The second kappa shape index (κ2) is 5.06. The first-order valence-corrected chi connectivity index (χ1v) is 6.79. The van der Waals surface area contributed by atoms with E-state index < -0.39 is 0 Å². The summed E-state index contributed by atoms with van der Waals surface area (Å²) >= 11 is 1.49. The van der Waals surface area contributed by atoms with Crippen LogP contribution in [0.25, 0.3) is 0 Å². The Morgan fingerprint density at radius 1 is 1.39 bits per heavy atom. The Morgan fingerprint density at radius 2 is 2.11 bits per heavy atom. The lowest BCUT2D eigenvalue weighted by atomic mass is 10.0. The number of nitrogen functional groups attached to an aromatic ring is 1. The van der Waals surface area contributed by atoms with E-state index >= 15 is 0 Å². The molecule has 0 unspecified atom stereocenters. The lowest BCUT2D eigenvalue weighted by Crippen LogP contribution is -1.96. The van der Waals surface area contributed by atoms with E-state index in [0.29, 0.717) is 23.0 Å². The molecule has 0 atom stereocenters. The van der Waals surface area contributed by atoms with Gasteiger partial charge in [0.25, 0.3) is 0 Å². The maximum Gasteiger partial charge on any atom is 0.180 e. The molecule has 2 rings (SSSR count). The first-order valence-electron chi connectivity index (χ1n) is 5.97. The summed E-state index contributed by atoms with van der Waals surface area (Å²) in [6, 6.07) is 5.36. The number of anilines is 1. The molecule has 1 aromatic heterocycles. The fourth-order valence-corrected chi connectivity index (χ4v) is 2.91. The van der Waals surface area contributed by atoms with Gasteiger partial charge in [0.05, 0.1) is 5.69 Å². The van der Waals surface area contributed by atoms with E-state index in [-0.39, 0.29) is 5.82 Å². The standard InChI is InChI=1S/C14H17FN2S/c1-8(2)13-12(18-14(16)17-13)7-10-5-4-9(3)11(15)6-10/h4-6,8H,7H2,1-3H3,(H2,16,17). The van der Waals surface area contributed by atoms with Crippen LogP contribution < -0.4 is 5.73 Å². The second-order valence-electron chi connectivity index (χ2n) is 4.78. The van der Waals surface area contributed by atoms with Crippen LogP contribution in [0.3, 0.4) is 0 Å². The van der Waals surface area contributed by atoms with Crippen LogP contribution in [0.4, 0.5) is 9.52 Å². The first kappa shape index (κ1) is 13.0. The van der Waals surface area contributed by atoms with Gasteiger partial charge in [0.15, 0.2) is 5.13 Å². The lowest BCUT2D eigenvalue weighted by Gasteiger charge is -2.06. The predicted molar refractivity (Wildman–Crippen MR) is 74.6 cm³/mol. The van der Waals surface area contributed by atoms with E-state index in [9.17, 15) is 4.39 Å². The van der Waals surface area contributed by atoms with Crippen LogP contribution in [0.5, 0.6) is 0 Å². The molecule has 0 fully saturated rings. The van der Waals surface area contributed by atoms with Gasteiger partial charge in [0.2, 0.25) is 0 Å². The number of aromatic nitrogens is 1. The summed E-state index contributed by atoms with van der Waals surface area (Å²) in [5.41, 5.74) is 8.42. The Bertz CT molecular complexity index is 561. The smallest absolute Gasteiger partial charge is 0.180 e. The van der Waals surface area contributed by atoms with Crippen molar-refractivity contribution in [2.75, 3.05) is 5.73 Å². The Kier molecular flexibility index (Phi) is 3.66. The van der Waals surface area contributed by atoms with Crippen molar-refractivity contribution in [1.29, 1.82) is 0 Å². The third kappa shape index (κ3) is 2.70. The molecule has 18 heavy (non-hydrogen) atoms. The van der Waals surface area contributed by atoms with Crippen molar-refractivity contribution in [3.63, 3.8) is 0 Å². The van der Waals surface area contributed by atoms with E-state index in [2.05, 4.69) is 18.8 Å². The summed E-state index contributed by atoms with van der Waals surface area (Å²) in [5, 5.41) is 0.585. The topological polar surface area (TPSA) is 38.9 Å². The van der Waals surface area contributed by atoms with Gasteiger partial charge in [0.1, 0.15) is 5.82 Å². The molecule has 0 aliphatic heterocycles. The molecule has 0 bridgehead atoms. The maximum absolute atomic E-state index is 13.5. The van der Waals surface area contributed by atoms with Crippen LogP contribution in [0.1, 0.15) is 41.5 Å². The third-order valence-electron chi connectivity index (χ3n) is 2.89. The number of hydrogen-bond donors (Lipinski definition) is 1. The van der Waals surface area contributed by atoms with Crippen molar-refractivity contribution in [1.82, 2.24) is 4.98 Å². The third-order valence-corrected chi connectivity index (χ3v) is 3.79. The number of halogens is 1. The maximum atomic E-state index is 13.5. The van der Waals surface area contributed by atoms with Crippen molar-refractivity contribution in [3.8, 4) is 0 Å². The van der Waals surface area contributed by atoms with Crippen molar-refractivity contribution in [3.05, 3.63) is 45.7 Å². The average molecular weight is 264 g/mol. The van der Waals surface area contributed by atoms with Crippen LogP contribution in [-0.2, 0) is 6.42 Å². The molecule has 0 spiro atoms. The minimum absolute atomic E-state index is 0.156. The van der Waals surface area contributed by atoms with Crippen molar-refractivity contribution < 1.29 is 4.39 Å². The molecule has 0 radical (unpaired) electrons. The highest BCUT2D eigenvalue weighted by Gasteiger charge is 2.13. The van der Waals surface area contributed by atoms with Crippen LogP contribution >= 0.6 is 11.3 Å². The molecule has 0 amide bonds. The molecule has 0 aliphatic carbocycles. The van der Waals surface area contributed by atoms with Gasteiger partial charge in [-0.1, -0.05) is 26.0 Å². The van der Waals surface area contributed by atoms with Gasteiger partial charge < -0.3 is 5.73 Å².